The molecule has 142 valence electrons. The maximum atomic E-state index is 12.9. The lowest BCUT2D eigenvalue weighted by Gasteiger charge is -2.11. The van der Waals surface area contributed by atoms with Crippen molar-refractivity contribution in [2.24, 2.45) is 7.05 Å². The van der Waals surface area contributed by atoms with Crippen LogP contribution in [0.1, 0.15) is 37.3 Å². The van der Waals surface area contributed by atoms with Crippen LogP contribution in [0.3, 0.4) is 0 Å². The highest BCUT2D eigenvalue weighted by Crippen LogP contribution is 2.34. The molecule has 0 atom stereocenters. The molecule has 0 unspecified atom stereocenters. The second kappa shape index (κ2) is 6.51. The van der Waals surface area contributed by atoms with Gasteiger partial charge in [0.05, 0.1) is 22.9 Å². The lowest BCUT2D eigenvalue weighted by atomic mass is 10.0. The average Bonchev–Trinajstić information content (AvgIpc) is 3.43. The lowest BCUT2D eigenvalue weighted by Crippen LogP contribution is -2.24. The molecule has 0 spiro atoms. The van der Waals surface area contributed by atoms with Crippen molar-refractivity contribution in [1.82, 2.24) is 19.3 Å². The fraction of sp³-hybridized carbons (Fsp3) is 0.304. The summed E-state index contributed by atoms with van der Waals surface area (Å²) in [4.78, 5) is 12.9. The summed E-state index contributed by atoms with van der Waals surface area (Å²) >= 11 is 0. The fourth-order valence-corrected chi connectivity index (χ4v) is 4.57. The minimum Gasteiger partial charge on any atom is -0.295 e. The van der Waals surface area contributed by atoms with Gasteiger partial charge in [-0.1, -0.05) is 42.7 Å². The Morgan fingerprint density at radius 2 is 1.86 bits per heavy atom. The third-order valence-corrected chi connectivity index (χ3v) is 6.04. The molecule has 0 saturated heterocycles. The van der Waals surface area contributed by atoms with Crippen LogP contribution in [0.2, 0.25) is 0 Å². The summed E-state index contributed by atoms with van der Waals surface area (Å²) in [6.45, 7) is 2.09. The van der Waals surface area contributed by atoms with Crippen LogP contribution >= 0.6 is 0 Å². The number of nitrogens with zero attached hydrogens (tertiary/aromatic N) is 3. The molecule has 5 nitrogen and oxygen atoms in total. The Morgan fingerprint density at radius 1 is 1.04 bits per heavy atom. The number of fused-ring (bicyclic) bond motifs is 1. The molecule has 2 heterocycles. The van der Waals surface area contributed by atoms with E-state index >= 15 is 0 Å². The van der Waals surface area contributed by atoms with Crippen LogP contribution in [-0.2, 0) is 7.05 Å². The van der Waals surface area contributed by atoms with Gasteiger partial charge in [0.15, 0.2) is 0 Å². The molecule has 1 fully saturated rings. The largest absolute Gasteiger partial charge is 0.329 e. The zero-order valence-corrected chi connectivity index (χ0v) is 16.3. The van der Waals surface area contributed by atoms with E-state index in [1.807, 2.05) is 17.8 Å². The maximum Gasteiger partial charge on any atom is 0.329 e. The molecule has 0 aliphatic heterocycles. The van der Waals surface area contributed by atoms with Gasteiger partial charge in [0.2, 0.25) is 0 Å². The highest BCUT2D eigenvalue weighted by molar-refractivity contribution is 5.87. The van der Waals surface area contributed by atoms with Crippen molar-refractivity contribution in [3.05, 3.63) is 64.7 Å². The van der Waals surface area contributed by atoms with Gasteiger partial charge in [-0.15, -0.1) is 0 Å². The lowest BCUT2D eigenvalue weighted by molar-refractivity contribution is 0.509. The van der Waals surface area contributed by atoms with Gasteiger partial charge in [0, 0.05) is 24.2 Å². The van der Waals surface area contributed by atoms with E-state index in [0.29, 0.717) is 6.04 Å². The third kappa shape index (κ3) is 2.61. The summed E-state index contributed by atoms with van der Waals surface area (Å²) in [5.41, 5.74) is 7.54. The van der Waals surface area contributed by atoms with Gasteiger partial charge in [0.25, 0.3) is 0 Å². The van der Waals surface area contributed by atoms with E-state index in [1.165, 1.54) is 18.4 Å². The Kier molecular flexibility index (Phi) is 3.97. The van der Waals surface area contributed by atoms with Gasteiger partial charge < -0.3 is 0 Å². The Morgan fingerprint density at radius 3 is 2.64 bits per heavy atom. The standard InChI is InChI=1S/C23H24N4O/c1-15-6-5-7-17(12-15)22-19(14-24-25-22)16-10-11-20-21(13-16)26(2)23(28)27(20)18-8-3-4-9-18/h5-7,10-14,18H,3-4,8-9H2,1-2H3,(H,24,25). The quantitative estimate of drug-likeness (QED) is 0.560. The summed E-state index contributed by atoms with van der Waals surface area (Å²) in [6, 6.07) is 15.0. The average molecular weight is 372 g/mol. The number of rotatable bonds is 3. The van der Waals surface area contributed by atoms with E-state index < -0.39 is 0 Å². The first-order valence-corrected chi connectivity index (χ1v) is 9.95. The maximum absolute atomic E-state index is 12.9. The Balaban J connectivity index is 1.65. The van der Waals surface area contributed by atoms with Gasteiger partial charge in [-0.25, -0.2) is 4.79 Å². The van der Waals surface area contributed by atoms with Crippen molar-refractivity contribution in [1.29, 1.82) is 0 Å². The SMILES string of the molecule is Cc1cccc(-c2[nH]ncc2-c2ccc3c(c2)n(C)c(=O)n3C2CCCC2)c1. The van der Waals surface area contributed by atoms with Crippen molar-refractivity contribution < 1.29 is 0 Å². The molecule has 1 aliphatic rings. The molecule has 4 aromatic rings. The molecule has 5 rings (SSSR count). The van der Waals surface area contributed by atoms with Crippen molar-refractivity contribution in [3.8, 4) is 22.4 Å². The number of H-pyrrole nitrogens is 1. The minimum atomic E-state index is 0.0881. The Hall–Kier alpha value is -3.08. The monoisotopic (exact) mass is 372 g/mol. The van der Waals surface area contributed by atoms with E-state index in [-0.39, 0.29) is 5.69 Å². The molecule has 28 heavy (non-hydrogen) atoms. The van der Waals surface area contributed by atoms with Crippen molar-refractivity contribution >= 4 is 11.0 Å². The van der Waals surface area contributed by atoms with E-state index in [1.54, 1.807) is 4.57 Å². The first-order valence-electron chi connectivity index (χ1n) is 9.95. The van der Waals surface area contributed by atoms with Crippen LogP contribution in [0.4, 0.5) is 0 Å². The smallest absolute Gasteiger partial charge is 0.295 e. The number of benzene rings is 2. The first kappa shape index (κ1) is 17.0. The van der Waals surface area contributed by atoms with Gasteiger partial charge in [0.1, 0.15) is 0 Å². The van der Waals surface area contributed by atoms with Crippen LogP contribution in [0.15, 0.2) is 53.5 Å². The Bertz CT molecular complexity index is 1220. The predicted molar refractivity (Wildman–Crippen MR) is 112 cm³/mol. The molecular formula is C23H24N4O. The summed E-state index contributed by atoms with van der Waals surface area (Å²) < 4.78 is 3.78. The van der Waals surface area contributed by atoms with E-state index in [0.717, 1.165) is 46.3 Å². The number of nitrogens with one attached hydrogen (secondary N) is 1. The number of aryl methyl sites for hydroxylation is 2. The van der Waals surface area contributed by atoms with Crippen LogP contribution in [0.25, 0.3) is 33.4 Å². The van der Waals surface area contributed by atoms with Crippen molar-refractivity contribution in [2.45, 2.75) is 38.6 Å². The number of aromatic amines is 1. The molecule has 5 heteroatoms. The predicted octanol–water partition coefficient (Wildman–Crippen LogP) is 4.82. The van der Waals surface area contributed by atoms with E-state index in [4.69, 9.17) is 0 Å². The molecule has 0 radical (unpaired) electrons. The van der Waals surface area contributed by atoms with Crippen LogP contribution in [0.5, 0.6) is 0 Å². The summed E-state index contributed by atoms with van der Waals surface area (Å²) in [5.74, 6) is 0. The number of imidazole rings is 1. The van der Waals surface area contributed by atoms with Crippen LogP contribution in [-0.4, -0.2) is 19.3 Å². The highest BCUT2D eigenvalue weighted by atomic mass is 16.1. The van der Waals surface area contributed by atoms with Crippen molar-refractivity contribution in [3.63, 3.8) is 0 Å². The van der Waals surface area contributed by atoms with Crippen LogP contribution < -0.4 is 5.69 Å². The molecule has 1 aliphatic carbocycles. The van der Waals surface area contributed by atoms with E-state index in [9.17, 15) is 4.79 Å². The second-order valence-electron chi connectivity index (χ2n) is 7.88. The fourth-order valence-electron chi connectivity index (χ4n) is 4.57. The Labute approximate surface area is 163 Å². The normalized spacial score (nSPS) is 14.9. The van der Waals surface area contributed by atoms with E-state index in [2.05, 4.69) is 59.6 Å². The molecule has 1 N–H and O–H groups in total. The molecule has 0 amide bonds. The second-order valence-corrected chi connectivity index (χ2v) is 7.88. The van der Waals surface area contributed by atoms with Gasteiger partial charge in [-0.2, -0.15) is 5.10 Å². The van der Waals surface area contributed by atoms with Gasteiger partial charge in [-0.3, -0.25) is 14.2 Å². The summed E-state index contributed by atoms with van der Waals surface area (Å²) in [7, 11) is 1.87. The molecule has 2 aromatic heterocycles. The third-order valence-electron chi connectivity index (χ3n) is 6.04. The highest BCUT2D eigenvalue weighted by Gasteiger charge is 2.23. The summed E-state index contributed by atoms with van der Waals surface area (Å²) in [5, 5.41) is 7.44. The number of aromatic nitrogens is 4. The number of hydrogen-bond acceptors (Lipinski definition) is 2. The molecular weight excluding hydrogens is 348 g/mol. The molecule has 2 aromatic carbocycles. The van der Waals surface area contributed by atoms with Gasteiger partial charge >= 0.3 is 5.69 Å². The van der Waals surface area contributed by atoms with Crippen LogP contribution in [0, 0.1) is 6.92 Å². The minimum absolute atomic E-state index is 0.0881. The zero-order chi connectivity index (χ0) is 19.3. The van der Waals surface area contributed by atoms with Gasteiger partial charge in [-0.05, 0) is 43.5 Å². The zero-order valence-electron chi connectivity index (χ0n) is 16.3. The first-order chi connectivity index (χ1) is 13.6. The summed E-state index contributed by atoms with van der Waals surface area (Å²) in [6.07, 6.45) is 6.48. The van der Waals surface area contributed by atoms with Crippen molar-refractivity contribution in [2.75, 3.05) is 0 Å². The molecule has 1 saturated carbocycles. The number of hydrogen-bond donors (Lipinski definition) is 1. The molecule has 0 bridgehead atoms. The topological polar surface area (TPSA) is 55.6 Å².